The molecule has 1 nitrogen and oxygen atoms in total. The largest absolute Gasteiger partial charge is 0.388 e. The summed E-state index contributed by atoms with van der Waals surface area (Å²) in [6, 6.07) is 9.03. The molecule has 0 heterocycles. The van der Waals surface area contributed by atoms with Gasteiger partial charge in [0.05, 0.1) is 6.10 Å². The van der Waals surface area contributed by atoms with Gasteiger partial charge in [-0.1, -0.05) is 40.9 Å². The Labute approximate surface area is 125 Å². The minimum atomic E-state index is -0.925. The molecule has 100 valence electrons. The third kappa shape index (κ3) is 3.61. The van der Waals surface area contributed by atoms with Gasteiger partial charge in [0.15, 0.2) is 0 Å². The van der Waals surface area contributed by atoms with Crippen molar-refractivity contribution in [1.29, 1.82) is 0 Å². The fraction of sp³-hybridized carbons (Fsp3) is 0.143. The van der Waals surface area contributed by atoms with E-state index in [1.165, 1.54) is 18.2 Å². The van der Waals surface area contributed by atoms with Crippen molar-refractivity contribution in [2.24, 2.45) is 0 Å². The molecule has 0 spiro atoms. The number of halogens is 4. The van der Waals surface area contributed by atoms with Crippen molar-refractivity contribution in [1.82, 2.24) is 0 Å². The Balaban J connectivity index is 2.28. The first kappa shape index (κ1) is 14.6. The Kier molecular flexibility index (Phi) is 4.69. The van der Waals surface area contributed by atoms with Gasteiger partial charge < -0.3 is 5.11 Å². The Hall–Kier alpha value is -0.800. The van der Waals surface area contributed by atoms with E-state index in [0.717, 1.165) is 0 Å². The quantitative estimate of drug-likeness (QED) is 0.838. The van der Waals surface area contributed by atoms with E-state index in [0.29, 0.717) is 21.2 Å². The van der Waals surface area contributed by atoms with Gasteiger partial charge in [0.2, 0.25) is 0 Å². The zero-order chi connectivity index (χ0) is 14.0. The van der Waals surface area contributed by atoms with Crippen molar-refractivity contribution < 1.29 is 9.50 Å². The van der Waals surface area contributed by atoms with E-state index in [1.54, 1.807) is 18.2 Å². The average Bonchev–Trinajstić information content (AvgIpc) is 2.32. The Bertz CT molecular complexity index is 561. The highest BCUT2D eigenvalue weighted by Gasteiger charge is 2.15. The molecule has 2 rings (SSSR count). The van der Waals surface area contributed by atoms with Crippen molar-refractivity contribution >= 4 is 34.8 Å². The minimum Gasteiger partial charge on any atom is -0.388 e. The summed E-state index contributed by atoms with van der Waals surface area (Å²) >= 11 is 17.8. The van der Waals surface area contributed by atoms with E-state index >= 15 is 0 Å². The van der Waals surface area contributed by atoms with Gasteiger partial charge in [0, 0.05) is 21.5 Å². The summed E-state index contributed by atoms with van der Waals surface area (Å²) in [5.74, 6) is -0.494. The van der Waals surface area contributed by atoms with Gasteiger partial charge in [-0.15, -0.1) is 0 Å². The molecule has 0 aliphatic rings. The molecule has 0 saturated heterocycles. The second-order valence-electron chi connectivity index (χ2n) is 4.12. The van der Waals surface area contributed by atoms with Crippen LogP contribution in [0, 0.1) is 5.82 Å². The Morgan fingerprint density at radius 2 is 1.68 bits per heavy atom. The van der Waals surface area contributed by atoms with Crippen LogP contribution >= 0.6 is 34.8 Å². The van der Waals surface area contributed by atoms with Crippen LogP contribution in [0.3, 0.4) is 0 Å². The van der Waals surface area contributed by atoms with E-state index in [9.17, 15) is 9.50 Å². The number of aliphatic hydroxyl groups excluding tert-OH is 1. The molecule has 0 saturated carbocycles. The number of aliphatic hydroxyl groups is 1. The van der Waals surface area contributed by atoms with Crippen LogP contribution in [-0.4, -0.2) is 5.11 Å². The molecule has 0 fully saturated rings. The molecule has 1 atom stereocenters. The number of hydrogen-bond donors (Lipinski definition) is 1. The number of rotatable bonds is 3. The van der Waals surface area contributed by atoms with Gasteiger partial charge in [-0.05, 0) is 41.5 Å². The molecule has 1 N–H and O–H groups in total. The monoisotopic (exact) mass is 318 g/mol. The van der Waals surface area contributed by atoms with Crippen LogP contribution in [0.15, 0.2) is 36.4 Å². The van der Waals surface area contributed by atoms with Gasteiger partial charge in [-0.25, -0.2) is 4.39 Å². The lowest BCUT2D eigenvalue weighted by Crippen LogP contribution is -2.03. The smallest absolute Gasteiger partial charge is 0.125 e. The van der Waals surface area contributed by atoms with Gasteiger partial charge in [-0.3, -0.25) is 0 Å². The Morgan fingerprint density at radius 3 is 2.26 bits per heavy atom. The van der Waals surface area contributed by atoms with Crippen LogP contribution in [0.4, 0.5) is 4.39 Å². The summed E-state index contributed by atoms with van der Waals surface area (Å²) in [4.78, 5) is 0. The molecule has 2 aromatic rings. The predicted octanol–water partition coefficient (Wildman–Crippen LogP) is 5.06. The summed E-state index contributed by atoms with van der Waals surface area (Å²) in [5, 5.41) is 11.3. The highest BCUT2D eigenvalue weighted by Crippen LogP contribution is 2.30. The lowest BCUT2D eigenvalue weighted by Gasteiger charge is -2.14. The second-order valence-corrected chi connectivity index (χ2v) is 5.37. The maximum atomic E-state index is 13.2. The topological polar surface area (TPSA) is 20.2 Å². The third-order valence-electron chi connectivity index (χ3n) is 2.73. The van der Waals surface area contributed by atoms with Crippen LogP contribution in [0.1, 0.15) is 17.2 Å². The summed E-state index contributed by atoms with van der Waals surface area (Å²) in [6.07, 6.45) is -0.733. The molecule has 19 heavy (non-hydrogen) atoms. The van der Waals surface area contributed by atoms with Crippen molar-refractivity contribution in [3.63, 3.8) is 0 Å². The molecule has 2 aromatic carbocycles. The van der Waals surface area contributed by atoms with Gasteiger partial charge in [0.25, 0.3) is 0 Å². The molecule has 0 aliphatic heterocycles. The molecule has 0 aliphatic carbocycles. The van der Waals surface area contributed by atoms with Gasteiger partial charge in [-0.2, -0.15) is 0 Å². The van der Waals surface area contributed by atoms with Gasteiger partial charge >= 0.3 is 0 Å². The lowest BCUT2D eigenvalue weighted by atomic mass is 10.0. The fourth-order valence-corrected chi connectivity index (χ4v) is 2.59. The zero-order valence-electron chi connectivity index (χ0n) is 9.71. The third-order valence-corrected chi connectivity index (χ3v) is 3.66. The summed E-state index contributed by atoms with van der Waals surface area (Å²) in [6.45, 7) is 0. The molecular formula is C14H10Cl3FO. The first-order valence-electron chi connectivity index (χ1n) is 5.54. The standard InChI is InChI=1S/C14H10Cl3FO/c15-9-4-8(5-10(18)6-9)14(19)7-11-12(16)2-1-3-13(11)17/h1-6,14,19H,7H2. The normalized spacial score (nSPS) is 12.5. The molecule has 0 aromatic heterocycles. The highest BCUT2D eigenvalue weighted by atomic mass is 35.5. The number of benzene rings is 2. The van der Waals surface area contributed by atoms with Gasteiger partial charge in [0.1, 0.15) is 5.82 Å². The second kappa shape index (κ2) is 6.10. The van der Waals surface area contributed by atoms with Crippen LogP contribution in [-0.2, 0) is 6.42 Å². The minimum absolute atomic E-state index is 0.193. The molecule has 1 unspecified atom stereocenters. The summed E-state index contributed by atoms with van der Waals surface area (Å²) in [7, 11) is 0. The average molecular weight is 320 g/mol. The van der Waals surface area contributed by atoms with Crippen LogP contribution in [0.25, 0.3) is 0 Å². The summed E-state index contributed by atoms with van der Waals surface area (Å²) in [5.41, 5.74) is 1.01. The van der Waals surface area contributed by atoms with E-state index in [1.807, 2.05) is 0 Å². The maximum absolute atomic E-state index is 13.2. The van der Waals surface area contributed by atoms with E-state index < -0.39 is 11.9 Å². The first-order valence-corrected chi connectivity index (χ1v) is 6.67. The first-order chi connectivity index (χ1) is 8.97. The van der Waals surface area contributed by atoms with Crippen LogP contribution in [0.2, 0.25) is 15.1 Å². The van der Waals surface area contributed by atoms with E-state index in [2.05, 4.69) is 0 Å². The Morgan fingerprint density at radius 1 is 1.05 bits per heavy atom. The van der Waals surface area contributed by atoms with Crippen LogP contribution < -0.4 is 0 Å². The van der Waals surface area contributed by atoms with Crippen molar-refractivity contribution in [3.05, 3.63) is 68.4 Å². The van der Waals surface area contributed by atoms with Crippen molar-refractivity contribution in [2.45, 2.75) is 12.5 Å². The van der Waals surface area contributed by atoms with E-state index in [-0.39, 0.29) is 11.4 Å². The predicted molar refractivity (Wildman–Crippen MR) is 76.5 cm³/mol. The highest BCUT2D eigenvalue weighted by molar-refractivity contribution is 6.36. The maximum Gasteiger partial charge on any atom is 0.125 e. The van der Waals surface area contributed by atoms with E-state index in [4.69, 9.17) is 34.8 Å². The molecule has 0 radical (unpaired) electrons. The number of hydrogen-bond acceptors (Lipinski definition) is 1. The molecular weight excluding hydrogens is 310 g/mol. The van der Waals surface area contributed by atoms with Crippen molar-refractivity contribution in [2.75, 3.05) is 0 Å². The summed E-state index contributed by atoms with van der Waals surface area (Å²) < 4.78 is 13.2. The lowest BCUT2D eigenvalue weighted by molar-refractivity contribution is 0.178. The zero-order valence-corrected chi connectivity index (χ0v) is 12.0. The van der Waals surface area contributed by atoms with Crippen LogP contribution in [0.5, 0.6) is 0 Å². The van der Waals surface area contributed by atoms with Crippen molar-refractivity contribution in [3.8, 4) is 0 Å². The fourth-order valence-electron chi connectivity index (χ4n) is 1.81. The molecule has 0 amide bonds. The SMILES string of the molecule is OC(Cc1c(Cl)cccc1Cl)c1cc(F)cc(Cl)c1. The molecule has 0 bridgehead atoms. The molecule has 5 heteroatoms.